The number of amides is 4. The Labute approximate surface area is 690 Å². The van der Waals surface area contributed by atoms with Gasteiger partial charge in [0.15, 0.2) is 0 Å². The van der Waals surface area contributed by atoms with Crippen LogP contribution >= 0.6 is 15.6 Å². The third-order valence-electron chi connectivity index (χ3n) is 19.8. The Morgan fingerprint density at radius 2 is 0.596 bits per heavy atom. The number of ether oxygens (including phenoxy) is 4. The molecule has 6 atom stereocenters. The minimum absolute atomic E-state index is 0.0200. The van der Waals surface area contributed by atoms with E-state index in [-0.39, 0.29) is 114 Å². The first-order chi connectivity index (χ1) is 55.2. The highest BCUT2D eigenvalue weighted by Gasteiger charge is 2.28. The lowest BCUT2D eigenvalue weighted by molar-refractivity contribution is -0.151. The summed E-state index contributed by atoms with van der Waals surface area (Å²) in [6.45, 7) is 11.0. The molecule has 0 aliphatic rings. The largest absolute Gasteiger partial charge is 0.472 e. The number of unbranched alkanes of at least 4 members (excludes halogenated alkanes) is 35. The lowest BCUT2D eigenvalue weighted by Gasteiger charge is -2.22. The van der Waals surface area contributed by atoms with Crippen LogP contribution in [0.15, 0.2) is 24.3 Å². The molecule has 0 spiro atoms. The highest BCUT2D eigenvalue weighted by Crippen LogP contribution is 2.44. The summed E-state index contributed by atoms with van der Waals surface area (Å²) in [5.41, 5.74) is 0. The first-order valence-corrected chi connectivity index (χ1v) is 48.4. The van der Waals surface area contributed by atoms with Crippen LogP contribution in [-0.4, -0.2) is 147 Å². The molecule has 0 bridgehead atoms. The SMILES string of the molecule is CCCCCC/C=C/CCCC(=O)OC(CCCCCCC)CCOCC(COP(=O)(O)OCCNC(=O)CCCCC(=O)NCCOP(=O)(O)OCC(COCCC(CCCCCCC)OC(=O)CCC/C=C/CCCCCC)NC(=O)CC(=O)CCCCCCCCCCC)NC(=O)CC(=O)CCCCCCCCCCC. The Morgan fingerprint density at radius 3 is 0.930 bits per heavy atom. The molecular formula is C88H164N4O20P2. The molecule has 114 heavy (non-hydrogen) atoms. The van der Waals surface area contributed by atoms with E-state index < -0.39 is 77.8 Å². The Morgan fingerprint density at radius 1 is 0.307 bits per heavy atom. The molecule has 0 aromatic rings. The first kappa shape index (κ1) is 110. The number of carbonyl (C=O) groups excluding carboxylic acids is 8. The van der Waals surface area contributed by atoms with Gasteiger partial charge in [-0.2, -0.15) is 0 Å². The van der Waals surface area contributed by atoms with Crippen molar-refractivity contribution in [1.29, 1.82) is 0 Å². The van der Waals surface area contributed by atoms with Gasteiger partial charge in [-0.1, -0.05) is 258 Å². The summed E-state index contributed by atoms with van der Waals surface area (Å²) in [6, 6.07) is -1.92. The number of carbonyl (C=O) groups is 8. The summed E-state index contributed by atoms with van der Waals surface area (Å²) in [7, 11) is -9.49. The zero-order valence-corrected chi connectivity index (χ0v) is 74.2. The lowest BCUT2D eigenvalue weighted by Crippen LogP contribution is -2.42. The van der Waals surface area contributed by atoms with Gasteiger partial charge in [0.1, 0.15) is 23.8 Å². The molecule has 0 rings (SSSR count). The van der Waals surface area contributed by atoms with E-state index in [9.17, 15) is 57.3 Å². The Hall–Kier alpha value is -4.22. The summed E-state index contributed by atoms with van der Waals surface area (Å²) in [4.78, 5) is 125. The molecule has 0 saturated heterocycles. The average molecular weight is 1660 g/mol. The first-order valence-electron chi connectivity index (χ1n) is 45.4. The smallest absolute Gasteiger partial charge is 0.462 e. The third kappa shape index (κ3) is 76.5. The molecule has 6 N–H and O–H groups in total. The zero-order chi connectivity index (χ0) is 83.9. The molecule has 666 valence electrons. The molecular weight excluding hydrogens is 1490 g/mol. The molecule has 4 amide bonds. The maximum atomic E-state index is 13.2. The van der Waals surface area contributed by atoms with Gasteiger partial charge in [-0.3, -0.25) is 56.5 Å². The van der Waals surface area contributed by atoms with Gasteiger partial charge in [0, 0.05) is 64.5 Å². The fourth-order valence-electron chi connectivity index (χ4n) is 12.9. The van der Waals surface area contributed by atoms with E-state index in [0.717, 1.165) is 128 Å². The highest BCUT2D eigenvalue weighted by atomic mass is 31.2. The number of Topliss-reactive ketones (excluding diaryl/α,β-unsaturated/α-hetero) is 2. The summed E-state index contributed by atoms with van der Waals surface area (Å²) in [5.74, 6) is -2.93. The van der Waals surface area contributed by atoms with Crippen molar-refractivity contribution >= 4 is 62.8 Å². The Bertz CT molecular complexity index is 2380. The highest BCUT2D eigenvalue weighted by molar-refractivity contribution is 7.47. The van der Waals surface area contributed by atoms with Gasteiger partial charge >= 0.3 is 27.6 Å². The standard InChI is InChI=1S/C88H164N4O20P2/c1-7-13-19-25-29-33-37-43-47-55-79(93)71-85(97)91-77(73-105-67-63-81(57-49-41-23-17-11-5)111-87(99)61-51-45-39-35-31-27-21-15-9-3)75-109-113(101,102)107-69-65-89-83(95)59-53-54-60-84(96)90-66-70-108-114(103,104)110-76-78(92-86(98)72-80(94)56-48-44-38-34-30-26-20-14-8-2)74-106-68-64-82(58-50-42-24-18-12-6)112-88(100)62-52-46-40-36-32-28-22-16-10-4/h35-36,39-40,77-78,81-82H,7-34,37-38,41-76H2,1-6H3,(H,89,95)(H,90,96)(H,91,97)(H,92,98)(H,101,102)(H,103,104)/b39-35+,40-36+. The van der Waals surface area contributed by atoms with Gasteiger partial charge in [-0.25, -0.2) is 9.13 Å². The van der Waals surface area contributed by atoms with E-state index in [2.05, 4.69) is 87.1 Å². The summed E-state index contributed by atoms with van der Waals surface area (Å²) in [5, 5.41) is 10.7. The van der Waals surface area contributed by atoms with Crippen LogP contribution in [-0.2, 0) is 84.5 Å². The van der Waals surface area contributed by atoms with E-state index in [1.165, 1.54) is 116 Å². The van der Waals surface area contributed by atoms with Crippen molar-refractivity contribution in [2.45, 2.75) is 425 Å². The van der Waals surface area contributed by atoms with E-state index in [1.807, 2.05) is 0 Å². The molecule has 0 aliphatic heterocycles. The number of esters is 2. The van der Waals surface area contributed by atoms with Crippen molar-refractivity contribution in [2.24, 2.45) is 0 Å². The van der Waals surface area contributed by atoms with Crippen LogP contribution in [0.3, 0.4) is 0 Å². The summed E-state index contributed by atoms with van der Waals surface area (Å²) < 4.78 is 71.1. The van der Waals surface area contributed by atoms with Crippen molar-refractivity contribution < 1.29 is 94.3 Å². The number of nitrogens with one attached hydrogen (secondary N) is 4. The number of phosphoric ester groups is 2. The predicted molar refractivity (Wildman–Crippen MR) is 456 cm³/mol. The second-order valence-corrected chi connectivity index (χ2v) is 33.9. The van der Waals surface area contributed by atoms with Crippen LogP contribution in [0.25, 0.3) is 0 Å². The monoisotopic (exact) mass is 1660 g/mol. The van der Waals surface area contributed by atoms with Gasteiger partial charge in [-0.05, 0) is 103 Å². The van der Waals surface area contributed by atoms with E-state index in [1.54, 1.807) is 0 Å². The van der Waals surface area contributed by atoms with Crippen LogP contribution in [0.1, 0.15) is 401 Å². The van der Waals surface area contributed by atoms with E-state index in [4.69, 9.17) is 37.0 Å². The minimum Gasteiger partial charge on any atom is -0.462 e. The summed E-state index contributed by atoms with van der Waals surface area (Å²) >= 11 is 0. The third-order valence-corrected chi connectivity index (χ3v) is 21.8. The van der Waals surface area contributed by atoms with Gasteiger partial charge in [0.2, 0.25) is 23.6 Å². The number of rotatable bonds is 87. The van der Waals surface area contributed by atoms with Crippen molar-refractivity contribution in [1.82, 2.24) is 21.3 Å². The number of hydrogen-bond acceptors (Lipinski definition) is 18. The summed E-state index contributed by atoms with van der Waals surface area (Å²) in [6.07, 6.45) is 55.7. The fraction of sp³-hybridized carbons (Fsp3) is 0.864. The minimum atomic E-state index is -4.74. The molecule has 0 saturated carbocycles. The van der Waals surface area contributed by atoms with Crippen molar-refractivity contribution in [2.75, 3.05) is 65.9 Å². The normalized spacial score (nSPS) is 13.8. The van der Waals surface area contributed by atoms with Crippen LogP contribution in [0.2, 0.25) is 0 Å². The molecule has 6 unspecified atom stereocenters. The van der Waals surface area contributed by atoms with Gasteiger partial charge in [0.25, 0.3) is 0 Å². The molecule has 0 aliphatic carbocycles. The molecule has 0 fully saturated rings. The molecule has 26 heteroatoms. The Kier molecular flexibility index (Phi) is 76.9. The molecule has 0 radical (unpaired) electrons. The average Bonchev–Trinajstić information content (AvgIpc) is 0.902. The molecule has 0 aromatic heterocycles. The van der Waals surface area contributed by atoms with Crippen molar-refractivity contribution in [3.8, 4) is 0 Å². The fourth-order valence-corrected chi connectivity index (χ4v) is 14.5. The number of phosphoric acid groups is 2. The van der Waals surface area contributed by atoms with E-state index >= 15 is 0 Å². The molecule has 24 nitrogen and oxygen atoms in total. The quantitative estimate of drug-likeness (QED) is 0.0108. The van der Waals surface area contributed by atoms with Gasteiger partial charge < -0.3 is 50.0 Å². The van der Waals surface area contributed by atoms with Crippen LogP contribution in [0, 0.1) is 0 Å². The Balaban J connectivity index is 5.47. The van der Waals surface area contributed by atoms with Gasteiger partial charge in [-0.15, -0.1) is 0 Å². The lowest BCUT2D eigenvalue weighted by atomic mass is 10.0. The second kappa shape index (κ2) is 79.9. The topological polar surface area (TPSA) is 333 Å². The zero-order valence-electron chi connectivity index (χ0n) is 72.4. The van der Waals surface area contributed by atoms with Crippen LogP contribution in [0.4, 0.5) is 0 Å². The maximum absolute atomic E-state index is 13.2. The second-order valence-electron chi connectivity index (χ2n) is 31.0. The number of hydrogen-bond donors (Lipinski definition) is 6. The van der Waals surface area contributed by atoms with Crippen molar-refractivity contribution in [3.63, 3.8) is 0 Å². The number of allylic oxidation sites excluding steroid dienone is 4. The van der Waals surface area contributed by atoms with E-state index in [0.29, 0.717) is 77.0 Å². The molecule has 0 aromatic carbocycles. The maximum Gasteiger partial charge on any atom is 0.472 e. The molecule has 0 heterocycles. The van der Waals surface area contributed by atoms with Crippen LogP contribution in [0.5, 0.6) is 0 Å². The predicted octanol–water partition coefficient (Wildman–Crippen LogP) is 20.5. The van der Waals surface area contributed by atoms with Crippen LogP contribution < -0.4 is 21.3 Å². The van der Waals surface area contributed by atoms with Gasteiger partial charge in [0.05, 0.1) is 77.8 Å². The number of ketones is 2. The van der Waals surface area contributed by atoms with Crippen molar-refractivity contribution in [3.05, 3.63) is 24.3 Å².